The van der Waals surface area contributed by atoms with E-state index in [0.29, 0.717) is 44.7 Å². The van der Waals surface area contributed by atoms with Crippen molar-refractivity contribution in [2.45, 2.75) is 26.3 Å². The molecule has 3 heterocycles. The fourth-order valence-electron chi connectivity index (χ4n) is 3.60. The lowest BCUT2D eigenvalue weighted by Gasteiger charge is -2.32. The standard InChI is InChI=1S/C18H25N5O3/c1-13(2)21-17(26)23-8-7-22(16(25)14-3-5-19-6-4-14)11-18(12-23)9-15(24)20-10-18/h3-6,13H,7-12H2,1-2H3,(H,20,24)(H,21,26)/t18-/m1/s1. The van der Waals surface area contributed by atoms with Gasteiger partial charge < -0.3 is 20.4 Å². The maximum absolute atomic E-state index is 12.9. The van der Waals surface area contributed by atoms with Crippen LogP contribution in [-0.4, -0.2) is 71.4 Å². The number of nitrogens with one attached hydrogen (secondary N) is 2. The molecule has 2 fully saturated rings. The van der Waals surface area contributed by atoms with Gasteiger partial charge in [0.1, 0.15) is 0 Å². The second-order valence-corrected chi connectivity index (χ2v) is 7.44. The molecule has 0 unspecified atom stereocenters. The van der Waals surface area contributed by atoms with Gasteiger partial charge in [0.05, 0.1) is 0 Å². The minimum absolute atomic E-state index is 0.0274. The Morgan fingerprint density at radius 2 is 1.85 bits per heavy atom. The predicted molar refractivity (Wildman–Crippen MR) is 95.4 cm³/mol. The van der Waals surface area contributed by atoms with Crippen LogP contribution in [0.4, 0.5) is 4.79 Å². The Kier molecular flexibility index (Phi) is 5.11. The van der Waals surface area contributed by atoms with Gasteiger partial charge in [-0.05, 0) is 26.0 Å². The van der Waals surface area contributed by atoms with Gasteiger partial charge in [-0.3, -0.25) is 14.6 Å². The first-order chi connectivity index (χ1) is 12.4. The van der Waals surface area contributed by atoms with E-state index < -0.39 is 5.41 Å². The SMILES string of the molecule is CC(C)NC(=O)N1CCN(C(=O)c2ccncc2)C[C@@]2(CNC(=O)C2)C1. The monoisotopic (exact) mass is 359 g/mol. The molecule has 26 heavy (non-hydrogen) atoms. The Labute approximate surface area is 152 Å². The molecule has 1 spiro atoms. The second-order valence-electron chi connectivity index (χ2n) is 7.44. The molecule has 140 valence electrons. The first-order valence-corrected chi connectivity index (χ1v) is 8.90. The van der Waals surface area contributed by atoms with E-state index in [1.54, 1.807) is 34.3 Å². The van der Waals surface area contributed by atoms with Crippen molar-refractivity contribution in [1.29, 1.82) is 0 Å². The maximum atomic E-state index is 12.9. The molecule has 0 aliphatic carbocycles. The smallest absolute Gasteiger partial charge is 0.317 e. The first-order valence-electron chi connectivity index (χ1n) is 8.90. The summed E-state index contributed by atoms with van der Waals surface area (Å²) in [6.07, 6.45) is 3.49. The van der Waals surface area contributed by atoms with E-state index in [4.69, 9.17) is 0 Å². The molecular weight excluding hydrogens is 334 g/mol. The topological polar surface area (TPSA) is 94.6 Å². The van der Waals surface area contributed by atoms with Crippen molar-refractivity contribution in [2.75, 3.05) is 32.7 Å². The average Bonchev–Trinajstić information content (AvgIpc) is 2.86. The lowest BCUT2D eigenvalue weighted by molar-refractivity contribution is -0.119. The Balaban J connectivity index is 1.82. The average molecular weight is 359 g/mol. The number of nitrogens with zero attached hydrogens (tertiary/aromatic N) is 3. The van der Waals surface area contributed by atoms with E-state index in [1.165, 1.54) is 0 Å². The highest BCUT2D eigenvalue weighted by Crippen LogP contribution is 2.31. The normalized spacial score (nSPS) is 23.1. The van der Waals surface area contributed by atoms with Crippen molar-refractivity contribution < 1.29 is 14.4 Å². The molecule has 8 heteroatoms. The van der Waals surface area contributed by atoms with Crippen LogP contribution in [0, 0.1) is 5.41 Å². The number of rotatable bonds is 2. The molecule has 4 amide bonds. The van der Waals surface area contributed by atoms with Gasteiger partial charge in [0.25, 0.3) is 5.91 Å². The molecule has 0 aromatic carbocycles. The zero-order valence-electron chi connectivity index (χ0n) is 15.2. The molecule has 0 saturated carbocycles. The van der Waals surface area contributed by atoms with Crippen molar-refractivity contribution in [2.24, 2.45) is 5.41 Å². The molecule has 1 aromatic heterocycles. The largest absolute Gasteiger partial charge is 0.355 e. The van der Waals surface area contributed by atoms with Gasteiger partial charge in [-0.25, -0.2) is 4.79 Å². The predicted octanol–water partition coefficient (Wildman–Crippen LogP) is 0.464. The summed E-state index contributed by atoms with van der Waals surface area (Å²) in [4.78, 5) is 44.7. The number of aromatic nitrogens is 1. The molecular formula is C18H25N5O3. The van der Waals surface area contributed by atoms with Crippen LogP contribution in [-0.2, 0) is 4.79 Å². The van der Waals surface area contributed by atoms with E-state index in [2.05, 4.69) is 15.6 Å². The number of carbonyl (C=O) groups is 3. The van der Waals surface area contributed by atoms with E-state index in [1.807, 2.05) is 13.8 Å². The van der Waals surface area contributed by atoms with Crippen molar-refractivity contribution in [1.82, 2.24) is 25.4 Å². The Bertz CT molecular complexity index is 693. The van der Waals surface area contributed by atoms with Crippen LogP contribution < -0.4 is 10.6 Å². The van der Waals surface area contributed by atoms with Gasteiger partial charge >= 0.3 is 6.03 Å². The van der Waals surface area contributed by atoms with Crippen LogP contribution in [0.25, 0.3) is 0 Å². The summed E-state index contributed by atoms with van der Waals surface area (Å²) >= 11 is 0. The van der Waals surface area contributed by atoms with Crippen LogP contribution in [0.5, 0.6) is 0 Å². The van der Waals surface area contributed by atoms with Crippen molar-refractivity contribution in [3.8, 4) is 0 Å². The Morgan fingerprint density at radius 3 is 2.46 bits per heavy atom. The van der Waals surface area contributed by atoms with Gasteiger partial charge in [-0.15, -0.1) is 0 Å². The highest BCUT2D eigenvalue weighted by Gasteiger charge is 2.45. The lowest BCUT2D eigenvalue weighted by Crippen LogP contribution is -2.48. The molecule has 0 radical (unpaired) electrons. The van der Waals surface area contributed by atoms with Crippen LogP contribution in [0.15, 0.2) is 24.5 Å². The number of urea groups is 1. The Hall–Kier alpha value is -2.64. The van der Waals surface area contributed by atoms with Gasteiger partial charge in [-0.2, -0.15) is 0 Å². The van der Waals surface area contributed by atoms with Gasteiger partial charge in [-0.1, -0.05) is 0 Å². The maximum Gasteiger partial charge on any atom is 0.317 e. The third-order valence-electron chi connectivity index (χ3n) is 4.80. The number of amides is 4. The summed E-state index contributed by atoms with van der Waals surface area (Å²) in [5, 5.41) is 5.77. The lowest BCUT2D eigenvalue weighted by atomic mass is 9.86. The van der Waals surface area contributed by atoms with E-state index in [-0.39, 0.29) is 23.9 Å². The third-order valence-corrected chi connectivity index (χ3v) is 4.80. The molecule has 0 bridgehead atoms. The highest BCUT2D eigenvalue weighted by atomic mass is 16.2. The fourth-order valence-corrected chi connectivity index (χ4v) is 3.60. The van der Waals surface area contributed by atoms with E-state index in [0.717, 1.165) is 0 Å². The van der Waals surface area contributed by atoms with E-state index in [9.17, 15) is 14.4 Å². The molecule has 2 N–H and O–H groups in total. The van der Waals surface area contributed by atoms with Crippen LogP contribution in [0.1, 0.15) is 30.6 Å². The second kappa shape index (κ2) is 7.31. The zero-order valence-corrected chi connectivity index (χ0v) is 15.2. The summed E-state index contributed by atoms with van der Waals surface area (Å²) in [5.74, 6) is -0.135. The molecule has 2 aliphatic rings. The summed E-state index contributed by atoms with van der Waals surface area (Å²) in [6, 6.07) is 3.24. The van der Waals surface area contributed by atoms with Crippen molar-refractivity contribution in [3.63, 3.8) is 0 Å². The van der Waals surface area contributed by atoms with Gasteiger partial charge in [0.15, 0.2) is 0 Å². The third kappa shape index (κ3) is 3.95. The van der Waals surface area contributed by atoms with Gasteiger partial charge in [0, 0.05) is 68.6 Å². The molecule has 1 atom stereocenters. The minimum Gasteiger partial charge on any atom is -0.355 e. The summed E-state index contributed by atoms with van der Waals surface area (Å²) in [6.45, 7) is 6.05. The van der Waals surface area contributed by atoms with Gasteiger partial charge in [0.2, 0.25) is 5.91 Å². The van der Waals surface area contributed by atoms with Crippen LogP contribution >= 0.6 is 0 Å². The Morgan fingerprint density at radius 1 is 1.19 bits per heavy atom. The molecule has 3 rings (SSSR count). The summed E-state index contributed by atoms with van der Waals surface area (Å²) < 4.78 is 0. The minimum atomic E-state index is -0.454. The van der Waals surface area contributed by atoms with E-state index >= 15 is 0 Å². The number of hydrogen-bond donors (Lipinski definition) is 2. The summed E-state index contributed by atoms with van der Waals surface area (Å²) in [7, 11) is 0. The molecule has 2 aliphatic heterocycles. The van der Waals surface area contributed by atoms with Crippen LogP contribution in [0.2, 0.25) is 0 Å². The van der Waals surface area contributed by atoms with Crippen LogP contribution in [0.3, 0.4) is 0 Å². The van der Waals surface area contributed by atoms with Crippen molar-refractivity contribution >= 4 is 17.8 Å². The molecule has 2 saturated heterocycles. The number of pyridine rings is 1. The zero-order chi connectivity index (χ0) is 18.7. The summed E-state index contributed by atoms with van der Waals surface area (Å²) in [5.41, 5.74) is 0.109. The highest BCUT2D eigenvalue weighted by molar-refractivity contribution is 5.94. The fraction of sp³-hybridized carbons (Fsp3) is 0.556. The quantitative estimate of drug-likeness (QED) is 0.802. The number of hydrogen-bond acceptors (Lipinski definition) is 4. The molecule has 1 aromatic rings. The molecule has 8 nitrogen and oxygen atoms in total. The van der Waals surface area contributed by atoms with Crippen molar-refractivity contribution in [3.05, 3.63) is 30.1 Å². The first kappa shape index (κ1) is 18.2. The number of carbonyl (C=O) groups excluding carboxylic acids is 3.